The molecule has 0 saturated carbocycles. The summed E-state index contributed by atoms with van der Waals surface area (Å²) in [6.07, 6.45) is 0. The number of rotatable bonds is 1. The van der Waals surface area contributed by atoms with Gasteiger partial charge in [-0.25, -0.2) is 4.68 Å². The number of hydrogen-bond donors (Lipinski definition) is 1. The Kier molecular flexibility index (Phi) is 2.59. The molecule has 0 unspecified atom stereocenters. The molecule has 0 fully saturated rings. The van der Waals surface area contributed by atoms with Crippen LogP contribution < -0.4 is 5.73 Å². The average molecular weight is 242 g/mol. The zero-order valence-electron chi connectivity index (χ0n) is 8.04. The summed E-state index contributed by atoms with van der Waals surface area (Å²) in [4.78, 5) is 0. The van der Waals surface area contributed by atoms with E-state index in [9.17, 15) is 0 Å². The van der Waals surface area contributed by atoms with Crippen molar-refractivity contribution in [2.45, 2.75) is 6.92 Å². The van der Waals surface area contributed by atoms with Gasteiger partial charge in [0, 0.05) is 11.8 Å². The lowest BCUT2D eigenvalue weighted by Gasteiger charge is -2.05. The molecule has 3 nitrogen and oxygen atoms in total. The van der Waals surface area contributed by atoms with Crippen LogP contribution in [0.3, 0.4) is 0 Å². The van der Waals surface area contributed by atoms with E-state index in [-0.39, 0.29) is 0 Å². The van der Waals surface area contributed by atoms with E-state index in [1.165, 1.54) is 0 Å². The molecule has 0 atom stereocenters. The first-order valence-corrected chi connectivity index (χ1v) is 5.11. The van der Waals surface area contributed by atoms with Crippen molar-refractivity contribution in [2.75, 3.05) is 5.73 Å². The Morgan fingerprint density at radius 3 is 2.47 bits per heavy atom. The molecule has 15 heavy (non-hydrogen) atoms. The molecule has 1 heterocycles. The molecule has 0 radical (unpaired) electrons. The van der Waals surface area contributed by atoms with Gasteiger partial charge in [-0.2, -0.15) is 5.10 Å². The second-order valence-electron chi connectivity index (χ2n) is 3.22. The number of nitrogens with zero attached hydrogens (tertiary/aromatic N) is 2. The second-order valence-corrected chi connectivity index (χ2v) is 4.04. The molecule has 2 rings (SSSR count). The average Bonchev–Trinajstić information content (AvgIpc) is 2.50. The van der Waals surface area contributed by atoms with Gasteiger partial charge in [-0.05, 0) is 25.1 Å². The number of benzene rings is 1. The number of nitrogens with two attached hydrogens (primary N) is 1. The minimum Gasteiger partial charge on any atom is -0.382 e. The van der Waals surface area contributed by atoms with E-state index in [1.807, 2.05) is 13.0 Å². The highest BCUT2D eigenvalue weighted by atomic mass is 35.5. The van der Waals surface area contributed by atoms with E-state index in [0.717, 1.165) is 11.4 Å². The Hall–Kier alpha value is -1.19. The molecule has 78 valence electrons. The van der Waals surface area contributed by atoms with E-state index in [0.29, 0.717) is 15.9 Å². The number of aryl methyl sites for hydroxylation is 1. The summed E-state index contributed by atoms with van der Waals surface area (Å²) in [7, 11) is 0. The summed E-state index contributed by atoms with van der Waals surface area (Å²) >= 11 is 11.7. The Morgan fingerprint density at radius 1 is 1.20 bits per heavy atom. The number of hydrogen-bond acceptors (Lipinski definition) is 2. The van der Waals surface area contributed by atoms with Gasteiger partial charge in [0.2, 0.25) is 0 Å². The van der Waals surface area contributed by atoms with Gasteiger partial charge in [0.15, 0.2) is 0 Å². The van der Waals surface area contributed by atoms with E-state index in [4.69, 9.17) is 28.9 Å². The fourth-order valence-electron chi connectivity index (χ4n) is 1.38. The highest BCUT2D eigenvalue weighted by Gasteiger charge is 2.05. The summed E-state index contributed by atoms with van der Waals surface area (Å²) in [6, 6.07) is 7.12. The molecule has 1 aromatic heterocycles. The third-order valence-electron chi connectivity index (χ3n) is 2.05. The zero-order chi connectivity index (χ0) is 11.0. The van der Waals surface area contributed by atoms with Crippen molar-refractivity contribution in [2.24, 2.45) is 0 Å². The third kappa shape index (κ3) is 1.94. The van der Waals surface area contributed by atoms with Crippen molar-refractivity contribution in [1.29, 1.82) is 0 Å². The maximum absolute atomic E-state index is 5.92. The van der Waals surface area contributed by atoms with Crippen LogP contribution in [0.2, 0.25) is 10.0 Å². The predicted molar refractivity (Wildman–Crippen MR) is 62.7 cm³/mol. The van der Waals surface area contributed by atoms with Crippen LogP contribution in [-0.4, -0.2) is 9.78 Å². The monoisotopic (exact) mass is 241 g/mol. The quantitative estimate of drug-likeness (QED) is 0.835. The standard InChI is InChI=1S/C10H9Cl2N3/c1-6-4-10(13)14-15(6)7-2-3-8(11)9(12)5-7/h2-5H,1H3,(H2,13,14). The normalized spacial score (nSPS) is 10.6. The summed E-state index contributed by atoms with van der Waals surface area (Å²) in [6.45, 7) is 1.92. The molecular formula is C10H9Cl2N3. The van der Waals surface area contributed by atoms with Crippen LogP contribution in [0.1, 0.15) is 5.69 Å². The van der Waals surface area contributed by atoms with Crippen LogP contribution in [0.4, 0.5) is 5.82 Å². The van der Waals surface area contributed by atoms with Crippen molar-refractivity contribution in [3.05, 3.63) is 40.0 Å². The van der Waals surface area contributed by atoms with Gasteiger partial charge < -0.3 is 5.73 Å². The number of anilines is 1. The van der Waals surface area contributed by atoms with Crippen LogP contribution in [0.5, 0.6) is 0 Å². The van der Waals surface area contributed by atoms with E-state index in [2.05, 4.69) is 5.10 Å². The van der Waals surface area contributed by atoms with Crippen molar-refractivity contribution in [1.82, 2.24) is 9.78 Å². The lowest BCUT2D eigenvalue weighted by Crippen LogP contribution is -1.99. The molecule has 0 aliphatic heterocycles. The van der Waals surface area contributed by atoms with Gasteiger partial charge in [-0.1, -0.05) is 23.2 Å². The molecule has 0 saturated heterocycles. The molecule has 1 aromatic carbocycles. The summed E-state index contributed by atoms with van der Waals surface area (Å²) in [5.41, 5.74) is 7.39. The lowest BCUT2D eigenvalue weighted by atomic mass is 10.3. The minimum atomic E-state index is 0.485. The predicted octanol–water partition coefficient (Wildman–Crippen LogP) is 3.07. The zero-order valence-corrected chi connectivity index (χ0v) is 9.55. The van der Waals surface area contributed by atoms with E-state index < -0.39 is 0 Å². The largest absolute Gasteiger partial charge is 0.382 e. The van der Waals surface area contributed by atoms with E-state index in [1.54, 1.807) is 22.9 Å². The van der Waals surface area contributed by atoms with Crippen molar-refractivity contribution in [3.63, 3.8) is 0 Å². The maximum Gasteiger partial charge on any atom is 0.146 e. The van der Waals surface area contributed by atoms with Crippen LogP contribution in [0, 0.1) is 6.92 Å². The fourth-order valence-corrected chi connectivity index (χ4v) is 1.67. The van der Waals surface area contributed by atoms with Crippen molar-refractivity contribution >= 4 is 29.0 Å². The highest BCUT2D eigenvalue weighted by molar-refractivity contribution is 6.42. The SMILES string of the molecule is Cc1cc(N)nn1-c1ccc(Cl)c(Cl)c1. The molecule has 0 aliphatic carbocycles. The molecule has 2 aromatic rings. The summed E-state index contributed by atoms with van der Waals surface area (Å²) in [5, 5.41) is 5.17. The smallest absolute Gasteiger partial charge is 0.146 e. The number of aromatic nitrogens is 2. The molecule has 5 heteroatoms. The Labute approximate surface area is 97.4 Å². The Bertz CT molecular complexity index is 505. The van der Waals surface area contributed by atoms with Gasteiger partial charge in [-0.3, -0.25) is 0 Å². The maximum atomic E-state index is 5.92. The molecular weight excluding hydrogens is 233 g/mol. The molecule has 2 N–H and O–H groups in total. The van der Waals surface area contributed by atoms with Crippen molar-refractivity contribution < 1.29 is 0 Å². The van der Waals surface area contributed by atoms with E-state index >= 15 is 0 Å². The molecule has 0 spiro atoms. The second kappa shape index (κ2) is 3.76. The summed E-state index contributed by atoms with van der Waals surface area (Å²) in [5.74, 6) is 0.485. The highest BCUT2D eigenvalue weighted by Crippen LogP contribution is 2.25. The lowest BCUT2D eigenvalue weighted by molar-refractivity contribution is 0.851. The molecule has 0 aliphatic rings. The van der Waals surface area contributed by atoms with Crippen LogP contribution in [0.25, 0.3) is 5.69 Å². The van der Waals surface area contributed by atoms with Crippen LogP contribution in [-0.2, 0) is 0 Å². The first kappa shape index (κ1) is 10.3. The van der Waals surface area contributed by atoms with Crippen LogP contribution >= 0.6 is 23.2 Å². The summed E-state index contributed by atoms with van der Waals surface area (Å²) < 4.78 is 1.72. The van der Waals surface area contributed by atoms with Gasteiger partial charge >= 0.3 is 0 Å². The third-order valence-corrected chi connectivity index (χ3v) is 2.79. The Balaban J connectivity index is 2.54. The van der Waals surface area contributed by atoms with Gasteiger partial charge in [0.25, 0.3) is 0 Å². The van der Waals surface area contributed by atoms with Gasteiger partial charge in [-0.15, -0.1) is 0 Å². The fraction of sp³-hybridized carbons (Fsp3) is 0.100. The minimum absolute atomic E-state index is 0.485. The van der Waals surface area contributed by atoms with Gasteiger partial charge in [0.05, 0.1) is 15.7 Å². The number of halogens is 2. The van der Waals surface area contributed by atoms with Gasteiger partial charge in [0.1, 0.15) is 5.82 Å². The molecule has 0 bridgehead atoms. The topological polar surface area (TPSA) is 43.8 Å². The Morgan fingerprint density at radius 2 is 1.93 bits per heavy atom. The first-order chi connectivity index (χ1) is 7.08. The number of nitrogen functional groups attached to an aromatic ring is 1. The first-order valence-electron chi connectivity index (χ1n) is 4.35. The molecule has 0 amide bonds. The van der Waals surface area contributed by atoms with Crippen molar-refractivity contribution in [3.8, 4) is 5.69 Å². The van der Waals surface area contributed by atoms with Crippen LogP contribution in [0.15, 0.2) is 24.3 Å².